The molecule has 3 heterocycles. The second-order valence-electron chi connectivity index (χ2n) is 8.37. The summed E-state index contributed by atoms with van der Waals surface area (Å²) in [6, 6.07) is 30.8. The molecular weight excluding hydrogens is 434 g/mol. The van der Waals surface area contributed by atoms with E-state index in [0.29, 0.717) is 17.4 Å². The topological polar surface area (TPSA) is 49.2 Å². The van der Waals surface area contributed by atoms with Crippen LogP contribution >= 0.6 is 0 Å². The molecule has 5 heteroatoms. The van der Waals surface area contributed by atoms with Crippen LogP contribution in [0.1, 0.15) is 5.56 Å². The number of pyridine rings is 2. The number of aryl methyl sites for hydroxylation is 1. The monoisotopic (exact) mass is 457 g/mol. The van der Waals surface area contributed by atoms with Crippen LogP contribution in [0.25, 0.3) is 38.8 Å². The zero-order valence-electron chi connectivity index (χ0n) is 19.5. The van der Waals surface area contributed by atoms with Gasteiger partial charge in [0.15, 0.2) is 5.75 Å². The Morgan fingerprint density at radius 3 is 2.37 bits per heavy atom. The van der Waals surface area contributed by atoms with Crippen molar-refractivity contribution in [1.29, 1.82) is 0 Å². The lowest BCUT2D eigenvalue weighted by Gasteiger charge is -2.11. The molecule has 0 saturated heterocycles. The van der Waals surface area contributed by atoms with Gasteiger partial charge < -0.3 is 9.47 Å². The standard InChI is InChI=1S/C30H23N3O2/c1-20-8-6-16-31-29(20)33-26-12-4-3-11-24(26)25-15-14-22(19-27(25)33)21-9-5-10-23(18-21)35-30-28(34-2)13-7-17-32-30/h3-19H,1-2H3. The zero-order chi connectivity index (χ0) is 23.8. The van der Waals surface area contributed by atoms with Gasteiger partial charge in [-0.1, -0.05) is 48.5 Å². The third kappa shape index (κ3) is 3.67. The molecule has 6 aromatic rings. The van der Waals surface area contributed by atoms with Crippen LogP contribution in [0, 0.1) is 6.92 Å². The number of fused-ring (bicyclic) bond motifs is 3. The Morgan fingerprint density at radius 1 is 0.686 bits per heavy atom. The predicted molar refractivity (Wildman–Crippen MR) is 140 cm³/mol. The summed E-state index contributed by atoms with van der Waals surface area (Å²) in [7, 11) is 1.61. The van der Waals surface area contributed by atoms with Gasteiger partial charge in [0.2, 0.25) is 0 Å². The molecule has 6 rings (SSSR count). The smallest absolute Gasteiger partial charge is 0.262 e. The van der Waals surface area contributed by atoms with E-state index in [1.165, 1.54) is 10.8 Å². The quantitative estimate of drug-likeness (QED) is 0.272. The molecule has 0 atom stereocenters. The summed E-state index contributed by atoms with van der Waals surface area (Å²) in [5, 5.41) is 2.40. The average Bonchev–Trinajstić information content (AvgIpc) is 3.23. The molecule has 5 nitrogen and oxygen atoms in total. The van der Waals surface area contributed by atoms with Crippen LogP contribution in [0.15, 0.2) is 103 Å². The first-order valence-electron chi connectivity index (χ1n) is 11.5. The number of benzene rings is 3. The summed E-state index contributed by atoms with van der Waals surface area (Å²) in [6.45, 7) is 2.10. The van der Waals surface area contributed by atoms with Gasteiger partial charge in [0.25, 0.3) is 5.88 Å². The molecule has 0 N–H and O–H groups in total. The van der Waals surface area contributed by atoms with Gasteiger partial charge in [-0.3, -0.25) is 4.57 Å². The van der Waals surface area contributed by atoms with Gasteiger partial charge in [-0.25, -0.2) is 9.97 Å². The molecule has 0 bridgehead atoms. The van der Waals surface area contributed by atoms with E-state index < -0.39 is 0 Å². The van der Waals surface area contributed by atoms with Crippen molar-refractivity contribution in [2.24, 2.45) is 0 Å². The fraction of sp³-hybridized carbons (Fsp3) is 0.0667. The Morgan fingerprint density at radius 2 is 1.49 bits per heavy atom. The van der Waals surface area contributed by atoms with Gasteiger partial charge in [-0.2, -0.15) is 0 Å². The molecule has 0 amide bonds. The number of hydrogen-bond acceptors (Lipinski definition) is 4. The average molecular weight is 458 g/mol. The summed E-state index contributed by atoms with van der Waals surface area (Å²) < 4.78 is 13.7. The van der Waals surface area contributed by atoms with Crippen LogP contribution in [-0.2, 0) is 0 Å². The fourth-order valence-electron chi connectivity index (χ4n) is 4.55. The van der Waals surface area contributed by atoms with E-state index in [1.807, 2.05) is 42.6 Å². The summed E-state index contributed by atoms with van der Waals surface area (Å²) in [5.41, 5.74) is 5.52. The zero-order valence-corrected chi connectivity index (χ0v) is 19.5. The second kappa shape index (κ2) is 8.61. The Hall–Kier alpha value is -4.64. The van der Waals surface area contributed by atoms with Gasteiger partial charge in [-0.05, 0) is 66.1 Å². The van der Waals surface area contributed by atoms with Crippen LogP contribution < -0.4 is 9.47 Å². The molecule has 3 aromatic carbocycles. The summed E-state index contributed by atoms with van der Waals surface area (Å²) in [6.07, 6.45) is 3.54. The molecule has 0 aliphatic carbocycles. The van der Waals surface area contributed by atoms with Crippen molar-refractivity contribution in [3.05, 3.63) is 109 Å². The maximum atomic E-state index is 6.06. The number of rotatable bonds is 5. The highest BCUT2D eigenvalue weighted by Gasteiger charge is 2.15. The summed E-state index contributed by atoms with van der Waals surface area (Å²) in [4.78, 5) is 9.03. The number of methoxy groups -OCH3 is 1. The number of nitrogens with zero attached hydrogens (tertiary/aromatic N) is 3. The molecule has 0 radical (unpaired) electrons. The lowest BCUT2D eigenvalue weighted by Crippen LogP contribution is -1.99. The minimum atomic E-state index is 0.438. The van der Waals surface area contributed by atoms with Gasteiger partial charge in [0.1, 0.15) is 11.6 Å². The first kappa shape index (κ1) is 20.9. The normalized spacial score (nSPS) is 11.1. The van der Waals surface area contributed by atoms with Crippen molar-refractivity contribution in [2.45, 2.75) is 6.92 Å². The molecule has 0 aliphatic heterocycles. The van der Waals surface area contributed by atoms with Gasteiger partial charge in [0.05, 0.1) is 18.1 Å². The van der Waals surface area contributed by atoms with E-state index in [2.05, 4.69) is 71.1 Å². The molecule has 0 aliphatic rings. The summed E-state index contributed by atoms with van der Waals surface area (Å²) >= 11 is 0. The molecule has 35 heavy (non-hydrogen) atoms. The second-order valence-corrected chi connectivity index (χ2v) is 8.37. The van der Waals surface area contributed by atoms with Crippen LogP contribution in [0.5, 0.6) is 17.4 Å². The van der Waals surface area contributed by atoms with E-state index in [9.17, 15) is 0 Å². The first-order chi connectivity index (χ1) is 17.2. The van der Waals surface area contributed by atoms with Crippen molar-refractivity contribution < 1.29 is 9.47 Å². The number of hydrogen-bond donors (Lipinski definition) is 0. The van der Waals surface area contributed by atoms with Crippen molar-refractivity contribution in [3.63, 3.8) is 0 Å². The maximum Gasteiger partial charge on any atom is 0.262 e. The van der Waals surface area contributed by atoms with Crippen molar-refractivity contribution >= 4 is 21.8 Å². The lowest BCUT2D eigenvalue weighted by atomic mass is 10.0. The molecule has 0 fully saturated rings. The van der Waals surface area contributed by atoms with E-state index >= 15 is 0 Å². The van der Waals surface area contributed by atoms with Crippen molar-refractivity contribution in [1.82, 2.24) is 14.5 Å². The van der Waals surface area contributed by atoms with E-state index in [4.69, 9.17) is 14.5 Å². The molecule has 0 spiro atoms. The highest BCUT2D eigenvalue weighted by atomic mass is 16.5. The SMILES string of the molecule is COc1cccnc1Oc1cccc(-c2ccc3c4ccccc4n(-c4ncccc4C)c3c2)c1. The van der Waals surface area contributed by atoms with Gasteiger partial charge in [0, 0.05) is 23.2 Å². The number of aromatic nitrogens is 3. The third-order valence-corrected chi connectivity index (χ3v) is 6.21. The molecule has 3 aromatic heterocycles. The van der Waals surface area contributed by atoms with Crippen molar-refractivity contribution in [2.75, 3.05) is 7.11 Å². The Bertz CT molecular complexity index is 1690. The fourth-order valence-corrected chi connectivity index (χ4v) is 4.55. The van der Waals surface area contributed by atoms with Crippen LogP contribution in [-0.4, -0.2) is 21.6 Å². The maximum absolute atomic E-state index is 6.06. The number of para-hydroxylation sites is 1. The van der Waals surface area contributed by atoms with E-state index in [-0.39, 0.29) is 0 Å². The van der Waals surface area contributed by atoms with E-state index in [1.54, 1.807) is 13.3 Å². The third-order valence-electron chi connectivity index (χ3n) is 6.21. The Balaban J connectivity index is 1.49. The molecule has 170 valence electrons. The summed E-state index contributed by atoms with van der Waals surface area (Å²) in [5.74, 6) is 2.67. The van der Waals surface area contributed by atoms with Crippen molar-refractivity contribution in [3.8, 4) is 34.3 Å². The molecule has 0 saturated carbocycles. The minimum Gasteiger partial charge on any atom is -0.491 e. The van der Waals surface area contributed by atoms with Crippen LogP contribution in [0.2, 0.25) is 0 Å². The minimum absolute atomic E-state index is 0.438. The lowest BCUT2D eigenvalue weighted by molar-refractivity contribution is 0.369. The highest BCUT2D eigenvalue weighted by Crippen LogP contribution is 2.36. The van der Waals surface area contributed by atoms with Crippen LogP contribution in [0.3, 0.4) is 0 Å². The largest absolute Gasteiger partial charge is 0.491 e. The Labute approximate surface area is 203 Å². The predicted octanol–water partition coefficient (Wildman–Crippen LogP) is 7.35. The highest BCUT2D eigenvalue weighted by molar-refractivity contribution is 6.10. The van der Waals surface area contributed by atoms with E-state index in [0.717, 1.165) is 33.5 Å². The molecular formula is C30H23N3O2. The molecule has 0 unspecified atom stereocenters. The number of ether oxygens (including phenoxy) is 2. The van der Waals surface area contributed by atoms with Crippen LogP contribution in [0.4, 0.5) is 0 Å². The van der Waals surface area contributed by atoms with Gasteiger partial charge in [-0.15, -0.1) is 0 Å². The Kier molecular flexibility index (Phi) is 5.15. The van der Waals surface area contributed by atoms with Gasteiger partial charge >= 0.3 is 0 Å². The first-order valence-corrected chi connectivity index (χ1v) is 11.5.